The van der Waals surface area contributed by atoms with Crippen LogP contribution in [-0.4, -0.2) is 36.6 Å². The summed E-state index contributed by atoms with van der Waals surface area (Å²) in [7, 11) is 2.04. The van der Waals surface area contributed by atoms with E-state index in [1.807, 2.05) is 37.4 Å². The first-order valence-electron chi connectivity index (χ1n) is 6.80. The smallest absolute Gasteiger partial charge is 0.306 e. The molecule has 0 bridgehead atoms. The SMILES string of the molecule is CN(CCOC(=O)CCc1ccccc1)C(C)(C)C.Cl. The number of aryl methyl sites for hydroxylation is 1. The van der Waals surface area contributed by atoms with E-state index in [0.717, 1.165) is 13.0 Å². The first-order valence-corrected chi connectivity index (χ1v) is 6.80. The lowest BCUT2D eigenvalue weighted by Gasteiger charge is -2.31. The van der Waals surface area contributed by atoms with Gasteiger partial charge in [0.05, 0.1) is 0 Å². The number of hydrogen-bond donors (Lipinski definition) is 0. The second-order valence-corrected chi connectivity index (χ2v) is 5.80. The van der Waals surface area contributed by atoms with Gasteiger partial charge in [0.1, 0.15) is 6.61 Å². The zero-order chi connectivity index (χ0) is 14.3. The summed E-state index contributed by atoms with van der Waals surface area (Å²) in [4.78, 5) is 13.8. The van der Waals surface area contributed by atoms with Gasteiger partial charge in [0.2, 0.25) is 0 Å². The molecule has 0 saturated carbocycles. The first kappa shape index (κ1) is 18.9. The van der Waals surface area contributed by atoms with E-state index >= 15 is 0 Å². The number of benzene rings is 1. The molecule has 0 saturated heterocycles. The minimum absolute atomic E-state index is 0. The Bertz CT molecular complexity index is 387. The van der Waals surface area contributed by atoms with Crippen molar-refractivity contribution >= 4 is 18.4 Å². The van der Waals surface area contributed by atoms with E-state index in [-0.39, 0.29) is 23.9 Å². The van der Waals surface area contributed by atoms with Crippen molar-refractivity contribution in [1.29, 1.82) is 0 Å². The van der Waals surface area contributed by atoms with E-state index in [1.54, 1.807) is 0 Å². The van der Waals surface area contributed by atoms with Gasteiger partial charge in [-0.25, -0.2) is 0 Å². The van der Waals surface area contributed by atoms with Gasteiger partial charge in [0.25, 0.3) is 0 Å². The van der Waals surface area contributed by atoms with Gasteiger partial charge < -0.3 is 4.74 Å². The molecule has 0 heterocycles. The van der Waals surface area contributed by atoms with Crippen LogP contribution in [0.4, 0.5) is 0 Å². The Kier molecular flexibility index (Phi) is 8.51. The van der Waals surface area contributed by atoms with Crippen LogP contribution in [0.2, 0.25) is 0 Å². The maximum Gasteiger partial charge on any atom is 0.306 e. The molecule has 0 aliphatic rings. The molecule has 0 N–H and O–H groups in total. The molecule has 4 heteroatoms. The largest absolute Gasteiger partial charge is 0.464 e. The number of hydrogen-bond acceptors (Lipinski definition) is 3. The van der Waals surface area contributed by atoms with Gasteiger partial charge in [-0.05, 0) is 39.8 Å². The summed E-state index contributed by atoms with van der Waals surface area (Å²) < 4.78 is 5.25. The van der Waals surface area contributed by atoms with E-state index in [0.29, 0.717) is 13.0 Å². The fourth-order valence-electron chi connectivity index (χ4n) is 1.60. The molecule has 1 rings (SSSR count). The Morgan fingerprint density at radius 1 is 1.20 bits per heavy atom. The standard InChI is InChI=1S/C16H25NO2.ClH/c1-16(2,3)17(4)12-13-19-15(18)11-10-14-8-6-5-7-9-14;/h5-9H,10-13H2,1-4H3;1H. The van der Waals surface area contributed by atoms with Crippen molar-refractivity contribution in [3.8, 4) is 0 Å². The lowest BCUT2D eigenvalue weighted by atomic mass is 10.1. The molecular weight excluding hydrogens is 274 g/mol. The number of halogens is 1. The van der Waals surface area contributed by atoms with Crippen LogP contribution in [0.3, 0.4) is 0 Å². The molecule has 0 unspecified atom stereocenters. The topological polar surface area (TPSA) is 29.5 Å². The molecule has 0 spiro atoms. The minimum Gasteiger partial charge on any atom is -0.464 e. The Hall–Kier alpha value is -1.06. The number of ether oxygens (including phenoxy) is 1. The molecule has 0 aromatic heterocycles. The zero-order valence-corrected chi connectivity index (χ0v) is 13.7. The molecular formula is C16H26ClNO2. The Morgan fingerprint density at radius 3 is 2.35 bits per heavy atom. The van der Waals surface area contributed by atoms with Crippen molar-refractivity contribution in [2.24, 2.45) is 0 Å². The summed E-state index contributed by atoms with van der Waals surface area (Å²) >= 11 is 0. The Balaban J connectivity index is 0.00000361. The summed E-state index contributed by atoms with van der Waals surface area (Å²) in [5, 5.41) is 0. The summed E-state index contributed by atoms with van der Waals surface area (Å²) in [6, 6.07) is 10.0. The fraction of sp³-hybridized carbons (Fsp3) is 0.562. The van der Waals surface area contributed by atoms with Crippen LogP contribution in [0.1, 0.15) is 32.8 Å². The van der Waals surface area contributed by atoms with E-state index in [9.17, 15) is 4.79 Å². The van der Waals surface area contributed by atoms with Crippen molar-refractivity contribution < 1.29 is 9.53 Å². The van der Waals surface area contributed by atoms with Gasteiger partial charge in [-0.2, -0.15) is 0 Å². The van der Waals surface area contributed by atoms with Crippen molar-refractivity contribution in [3.63, 3.8) is 0 Å². The molecule has 1 aromatic rings. The van der Waals surface area contributed by atoms with Crippen LogP contribution in [0.25, 0.3) is 0 Å². The van der Waals surface area contributed by atoms with Crippen LogP contribution >= 0.6 is 12.4 Å². The molecule has 114 valence electrons. The third kappa shape index (κ3) is 7.51. The lowest BCUT2D eigenvalue weighted by molar-refractivity contribution is -0.144. The Morgan fingerprint density at radius 2 is 1.80 bits per heavy atom. The van der Waals surface area contributed by atoms with Crippen LogP contribution in [0.5, 0.6) is 0 Å². The number of likely N-dealkylation sites (N-methyl/N-ethyl adjacent to an activating group) is 1. The zero-order valence-electron chi connectivity index (χ0n) is 12.9. The number of rotatable bonds is 6. The quantitative estimate of drug-likeness (QED) is 0.755. The van der Waals surface area contributed by atoms with Crippen molar-refractivity contribution in [2.45, 2.75) is 39.2 Å². The summed E-state index contributed by atoms with van der Waals surface area (Å²) in [5.74, 6) is -0.119. The third-order valence-corrected chi connectivity index (χ3v) is 3.30. The molecule has 0 atom stereocenters. The predicted octanol–water partition coefficient (Wildman–Crippen LogP) is 3.31. The first-order chi connectivity index (χ1) is 8.89. The van der Waals surface area contributed by atoms with Gasteiger partial charge in [-0.3, -0.25) is 9.69 Å². The average Bonchev–Trinajstić information content (AvgIpc) is 2.36. The maximum absolute atomic E-state index is 11.6. The van der Waals surface area contributed by atoms with Gasteiger partial charge >= 0.3 is 5.97 Å². The Labute approximate surface area is 128 Å². The third-order valence-electron chi connectivity index (χ3n) is 3.30. The summed E-state index contributed by atoms with van der Waals surface area (Å²) in [6.45, 7) is 7.65. The molecule has 3 nitrogen and oxygen atoms in total. The highest BCUT2D eigenvalue weighted by Gasteiger charge is 2.16. The molecule has 0 aliphatic heterocycles. The van der Waals surface area contributed by atoms with Gasteiger partial charge in [-0.1, -0.05) is 30.3 Å². The molecule has 0 aliphatic carbocycles. The predicted molar refractivity (Wildman–Crippen MR) is 85.4 cm³/mol. The van der Waals surface area contributed by atoms with Gasteiger partial charge in [-0.15, -0.1) is 12.4 Å². The van der Waals surface area contributed by atoms with Crippen molar-refractivity contribution in [3.05, 3.63) is 35.9 Å². The highest BCUT2D eigenvalue weighted by Crippen LogP contribution is 2.09. The number of nitrogens with zero attached hydrogens (tertiary/aromatic N) is 1. The summed E-state index contributed by atoms with van der Waals surface area (Å²) in [6.07, 6.45) is 1.19. The van der Waals surface area contributed by atoms with Gasteiger partial charge in [0.15, 0.2) is 0 Å². The molecule has 1 aromatic carbocycles. The number of esters is 1. The van der Waals surface area contributed by atoms with Crippen LogP contribution in [0, 0.1) is 0 Å². The summed E-state index contributed by atoms with van der Waals surface area (Å²) in [5.41, 5.74) is 1.28. The second kappa shape index (κ2) is 8.98. The minimum atomic E-state index is -0.119. The van der Waals surface area contributed by atoms with Crippen molar-refractivity contribution in [1.82, 2.24) is 4.90 Å². The monoisotopic (exact) mass is 299 g/mol. The van der Waals surface area contributed by atoms with E-state index < -0.39 is 0 Å². The normalized spacial score (nSPS) is 11.1. The molecule has 20 heavy (non-hydrogen) atoms. The number of carbonyl (C=O) groups is 1. The highest BCUT2D eigenvalue weighted by molar-refractivity contribution is 5.85. The average molecular weight is 300 g/mol. The molecule has 0 radical (unpaired) electrons. The van der Waals surface area contributed by atoms with E-state index in [2.05, 4.69) is 25.7 Å². The van der Waals surface area contributed by atoms with Crippen LogP contribution in [-0.2, 0) is 16.0 Å². The van der Waals surface area contributed by atoms with Crippen LogP contribution in [0.15, 0.2) is 30.3 Å². The lowest BCUT2D eigenvalue weighted by Crippen LogP contribution is -2.40. The molecule has 0 amide bonds. The highest BCUT2D eigenvalue weighted by atomic mass is 35.5. The van der Waals surface area contributed by atoms with Gasteiger partial charge in [0, 0.05) is 18.5 Å². The van der Waals surface area contributed by atoms with Crippen LogP contribution < -0.4 is 0 Å². The fourth-order valence-corrected chi connectivity index (χ4v) is 1.60. The molecule has 0 fully saturated rings. The van der Waals surface area contributed by atoms with E-state index in [4.69, 9.17) is 4.74 Å². The van der Waals surface area contributed by atoms with E-state index in [1.165, 1.54) is 5.56 Å². The number of carbonyl (C=O) groups excluding carboxylic acids is 1. The maximum atomic E-state index is 11.6. The second-order valence-electron chi connectivity index (χ2n) is 5.80. The van der Waals surface area contributed by atoms with Crippen molar-refractivity contribution in [2.75, 3.05) is 20.2 Å².